The number of hydrogen-bond donors (Lipinski definition) is 1. The van der Waals surface area contributed by atoms with E-state index in [2.05, 4.69) is 10.2 Å². The number of benzene rings is 1. The Morgan fingerprint density at radius 1 is 1.33 bits per heavy atom. The third-order valence-electron chi connectivity index (χ3n) is 4.57. The van der Waals surface area contributed by atoms with E-state index in [1.54, 1.807) is 7.11 Å². The van der Waals surface area contributed by atoms with E-state index in [9.17, 15) is 4.79 Å². The maximum atomic E-state index is 12.2. The second kappa shape index (κ2) is 8.46. The number of rotatable bonds is 6. The maximum absolute atomic E-state index is 12.2. The largest absolute Gasteiger partial charge is 0.497 e. The molecule has 2 unspecified atom stereocenters. The summed E-state index contributed by atoms with van der Waals surface area (Å²) in [6.45, 7) is 4.00. The van der Waals surface area contributed by atoms with Crippen molar-refractivity contribution in [1.82, 2.24) is 4.90 Å². The Kier molecular flexibility index (Phi) is 6.07. The van der Waals surface area contributed by atoms with Crippen LogP contribution >= 0.6 is 0 Å². The van der Waals surface area contributed by atoms with Gasteiger partial charge in [-0.2, -0.15) is 0 Å². The second-order valence-corrected chi connectivity index (χ2v) is 6.29. The molecule has 0 spiro atoms. The van der Waals surface area contributed by atoms with Crippen LogP contribution in [0.4, 0.5) is 5.69 Å². The Morgan fingerprint density at radius 2 is 2.21 bits per heavy atom. The van der Waals surface area contributed by atoms with Gasteiger partial charge in [0, 0.05) is 44.4 Å². The van der Waals surface area contributed by atoms with E-state index in [0.29, 0.717) is 13.0 Å². The normalized spacial score (nSPS) is 24.7. The first kappa shape index (κ1) is 17.2. The highest BCUT2D eigenvalue weighted by molar-refractivity contribution is 5.91. The number of hydrogen-bond acceptors (Lipinski definition) is 5. The Balaban J connectivity index is 1.43. The molecule has 2 fully saturated rings. The first-order chi connectivity index (χ1) is 11.7. The van der Waals surface area contributed by atoms with Gasteiger partial charge in [-0.05, 0) is 25.0 Å². The zero-order valence-electron chi connectivity index (χ0n) is 14.2. The van der Waals surface area contributed by atoms with E-state index in [1.807, 2.05) is 24.3 Å². The van der Waals surface area contributed by atoms with Gasteiger partial charge in [0.1, 0.15) is 5.75 Å². The average Bonchev–Trinajstić information content (AvgIpc) is 3.15. The summed E-state index contributed by atoms with van der Waals surface area (Å²) in [6, 6.07) is 7.40. The number of amides is 1. The van der Waals surface area contributed by atoms with Crippen LogP contribution in [0.15, 0.2) is 24.3 Å². The molecule has 2 aliphatic heterocycles. The van der Waals surface area contributed by atoms with Crippen LogP contribution in [0.1, 0.15) is 19.3 Å². The molecule has 2 atom stereocenters. The monoisotopic (exact) mass is 334 g/mol. The van der Waals surface area contributed by atoms with Gasteiger partial charge in [0.15, 0.2) is 0 Å². The number of ether oxygens (including phenoxy) is 3. The summed E-state index contributed by atoms with van der Waals surface area (Å²) < 4.78 is 16.7. The minimum Gasteiger partial charge on any atom is -0.497 e. The molecule has 132 valence electrons. The molecule has 0 aliphatic carbocycles. The van der Waals surface area contributed by atoms with E-state index in [1.165, 1.54) is 0 Å². The van der Waals surface area contributed by atoms with Crippen molar-refractivity contribution in [2.45, 2.75) is 31.5 Å². The third kappa shape index (κ3) is 4.69. The Hall–Kier alpha value is -1.63. The highest BCUT2D eigenvalue weighted by atomic mass is 16.5. The Labute approximate surface area is 143 Å². The first-order valence-electron chi connectivity index (χ1n) is 8.64. The third-order valence-corrected chi connectivity index (χ3v) is 4.57. The van der Waals surface area contributed by atoms with Gasteiger partial charge >= 0.3 is 0 Å². The lowest BCUT2D eigenvalue weighted by molar-refractivity contribution is -0.118. The molecule has 3 rings (SSSR count). The molecule has 0 radical (unpaired) electrons. The Morgan fingerprint density at radius 3 is 3.00 bits per heavy atom. The van der Waals surface area contributed by atoms with E-state index < -0.39 is 0 Å². The van der Waals surface area contributed by atoms with Gasteiger partial charge in [-0.3, -0.25) is 9.69 Å². The minimum absolute atomic E-state index is 0.0170. The lowest BCUT2D eigenvalue weighted by Gasteiger charge is -2.35. The molecule has 0 aromatic heterocycles. The summed E-state index contributed by atoms with van der Waals surface area (Å²) in [7, 11) is 1.61. The molecule has 0 bridgehead atoms. The maximum Gasteiger partial charge on any atom is 0.225 e. The average molecular weight is 334 g/mol. The smallest absolute Gasteiger partial charge is 0.225 e. The van der Waals surface area contributed by atoms with Crippen molar-refractivity contribution < 1.29 is 19.0 Å². The van der Waals surface area contributed by atoms with E-state index in [0.717, 1.165) is 50.5 Å². The molecular weight excluding hydrogens is 308 g/mol. The SMILES string of the molecule is COc1cccc(NC(=O)CCN2CCOC(C3CCCO3)C2)c1. The molecule has 1 amide bonds. The number of morpholine rings is 1. The highest BCUT2D eigenvalue weighted by Gasteiger charge is 2.31. The summed E-state index contributed by atoms with van der Waals surface area (Å²) in [5.74, 6) is 0.754. The van der Waals surface area contributed by atoms with Crippen LogP contribution in [0, 0.1) is 0 Å². The van der Waals surface area contributed by atoms with Crippen LogP contribution in [0.5, 0.6) is 5.75 Å². The van der Waals surface area contributed by atoms with Crippen molar-refractivity contribution in [3.8, 4) is 5.75 Å². The number of anilines is 1. The number of carbonyl (C=O) groups is 1. The summed E-state index contributed by atoms with van der Waals surface area (Å²) in [4.78, 5) is 14.5. The van der Waals surface area contributed by atoms with Crippen molar-refractivity contribution in [2.75, 3.05) is 45.3 Å². The van der Waals surface area contributed by atoms with Gasteiger partial charge in [0.2, 0.25) is 5.91 Å². The van der Waals surface area contributed by atoms with Crippen LogP contribution in [0.25, 0.3) is 0 Å². The van der Waals surface area contributed by atoms with Crippen molar-refractivity contribution in [1.29, 1.82) is 0 Å². The molecule has 1 aromatic carbocycles. The molecule has 24 heavy (non-hydrogen) atoms. The topological polar surface area (TPSA) is 60.0 Å². The van der Waals surface area contributed by atoms with Gasteiger partial charge in [-0.1, -0.05) is 6.07 Å². The molecule has 6 nitrogen and oxygen atoms in total. The molecule has 2 saturated heterocycles. The molecule has 0 saturated carbocycles. The Bertz CT molecular complexity index is 546. The fourth-order valence-corrected chi connectivity index (χ4v) is 3.24. The quantitative estimate of drug-likeness (QED) is 0.861. The fourth-order valence-electron chi connectivity index (χ4n) is 3.24. The number of methoxy groups -OCH3 is 1. The first-order valence-corrected chi connectivity index (χ1v) is 8.64. The van der Waals surface area contributed by atoms with Gasteiger partial charge < -0.3 is 19.5 Å². The fraction of sp³-hybridized carbons (Fsp3) is 0.611. The van der Waals surface area contributed by atoms with Crippen LogP contribution in [-0.2, 0) is 14.3 Å². The number of nitrogens with zero attached hydrogens (tertiary/aromatic N) is 1. The van der Waals surface area contributed by atoms with Crippen LogP contribution in [0.2, 0.25) is 0 Å². The summed E-state index contributed by atoms with van der Waals surface area (Å²) in [6.07, 6.45) is 3.03. The standard InChI is InChI=1S/C18H26N2O4/c1-22-15-5-2-4-14(12-15)19-18(21)7-8-20-9-11-24-17(13-20)16-6-3-10-23-16/h2,4-5,12,16-17H,3,6-11,13H2,1H3,(H,19,21). The summed E-state index contributed by atoms with van der Waals surface area (Å²) in [5.41, 5.74) is 0.763. The van der Waals surface area contributed by atoms with Crippen molar-refractivity contribution in [3.63, 3.8) is 0 Å². The summed E-state index contributed by atoms with van der Waals surface area (Å²) in [5, 5.41) is 2.92. The van der Waals surface area contributed by atoms with Crippen LogP contribution < -0.4 is 10.1 Å². The minimum atomic E-state index is 0.0170. The highest BCUT2D eigenvalue weighted by Crippen LogP contribution is 2.21. The van der Waals surface area contributed by atoms with Crippen LogP contribution in [-0.4, -0.2) is 63.0 Å². The lowest BCUT2D eigenvalue weighted by atomic mass is 10.1. The molecular formula is C18H26N2O4. The molecule has 1 N–H and O–H groups in total. The molecule has 6 heteroatoms. The van der Waals surface area contributed by atoms with Gasteiger partial charge in [-0.25, -0.2) is 0 Å². The number of nitrogens with one attached hydrogen (secondary N) is 1. The molecule has 1 aromatic rings. The summed E-state index contributed by atoms with van der Waals surface area (Å²) >= 11 is 0. The van der Waals surface area contributed by atoms with Crippen LogP contribution in [0.3, 0.4) is 0 Å². The van der Waals surface area contributed by atoms with E-state index in [4.69, 9.17) is 14.2 Å². The van der Waals surface area contributed by atoms with Gasteiger partial charge in [0.05, 0.1) is 25.9 Å². The predicted octanol–water partition coefficient (Wildman–Crippen LogP) is 1.90. The van der Waals surface area contributed by atoms with Gasteiger partial charge in [0.25, 0.3) is 0 Å². The lowest BCUT2D eigenvalue weighted by Crippen LogP contribution is -2.48. The molecule has 2 heterocycles. The van der Waals surface area contributed by atoms with Crippen molar-refractivity contribution in [3.05, 3.63) is 24.3 Å². The zero-order chi connectivity index (χ0) is 16.8. The van der Waals surface area contributed by atoms with Crippen molar-refractivity contribution >= 4 is 11.6 Å². The van der Waals surface area contributed by atoms with Gasteiger partial charge in [-0.15, -0.1) is 0 Å². The molecule has 2 aliphatic rings. The van der Waals surface area contributed by atoms with Crippen molar-refractivity contribution in [2.24, 2.45) is 0 Å². The van der Waals surface area contributed by atoms with E-state index >= 15 is 0 Å². The predicted molar refractivity (Wildman–Crippen MR) is 91.4 cm³/mol. The number of carbonyl (C=O) groups excluding carboxylic acids is 1. The second-order valence-electron chi connectivity index (χ2n) is 6.29. The zero-order valence-corrected chi connectivity index (χ0v) is 14.2. The van der Waals surface area contributed by atoms with E-state index in [-0.39, 0.29) is 18.1 Å².